The van der Waals surface area contributed by atoms with Crippen molar-refractivity contribution in [1.82, 2.24) is 14.4 Å². The van der Waals surface area contributed by atoms with Crippen molar-refractivity contribution >= 4 is 50.0 Å². The third-order valence-electron chi connectivity index (χ3n) is 9.37. The second kappa shape index (κ2) is 8.88. The topological polar surface area (TPSA) is 59.7 Å². The summed E-state index contributed by atoms with van der Waals surface area (Å²) in [5, 5.41) is 2.51. The number of anilines is 2. The summed E-state index contributed by atoms with van der Waals surface area (Å²) in [6, 6.07) is 29.5. The molecule has 4 atom stereocenters. The van der Waals surface area contributed by atoms with Gasteiger partial charge in [-0.05, 0) is 52.4 Å². The quantitative estimate of drug-likeness (QED) is 0.255. The molecule has 4 aliphatic rings. The zero-order chi connectivity index (χ0) is 28.9. The van der Waals surface area contributed by atoms with Crippen LogP contribution < -0.4 is 25.8 Å². The molecule has 2 aliphatic heterocycles. The average molecular weight is 589 g/mol. The van der Waals surface area contributed by atoms with Gasteiger partial charge in [0.2, 0.25) is 4.96 Å². The number of allylic oxidation sites excluding steroid dienone is 2. The average Bonchev–Trinajstić information content (AvgIpc) is 3.73. The number of hydrogen-bond donors (Lipinski definition) is 0. The van der Waals surface area contributed by atoms with Crippen LogP contribution in [0.4, 0.5) is 11.4 Å². The first-order valence-electron chi connectivity index (χ1n) is 14.9. The van der Waals surface area contributed by atoms with Gasteiger partial charge in [-0.1, -0.05) is 96.3 Å². The number of nitrogens with zero attached hydrogens (tertiary/aromatic N) is 4. The molecule has 0 fully saturated rings. The monoisotopic (exact) mass is 588 g/mol. The number of aromatic nitrogens is 3. The Kier molecular flexibility index (Phi) is 4.88. The molecule has 210 valence electrons. The van der Waals surface area contributed by atoms with Crippen LogP contribution >= 0.6 is 11.3 Å². The number of fused-ring (bicyclic) bond motifs is 10. The maximum Gasteiger partial charge on any atom is 0.356 e. The fourth-order valence-corrected chi connectivity index (χ4v) is 8.48. The maximum absolute atomic E-state index is 13.4. The van der Waals surface area contributed by atoms with Gasteiger partial charge in [0.25, 0.3) is 0 Å². The lowest BCUT2D eigenvalue weighted by atomic mass is 9.87. The molecular weight excluding hydrogens is 565 g/mol. The van der Waals surface area contributed by atoms with E-state index < -0.39 is 0 Å². The standard InChI is InChI=1S/C37H24N4O2S/c42-36-38-35(39-37-41(36)28-14-6-8-16-32(28)44-37)25-17-18-29(34-33(25)24-12-4-7-15-31(24)43-34)40-27-13-5-3-11-23(27)26-19-21-9-1-2-10-22(21)20-30(26)40/h1-20,24,26,30-31H. The molecule has 0 amide bonds. The molecule has 4 aromatic carbocycles. The Balaban J connectivity index is 1.21. The molecular formula is C37H24N4O2S. The summed E-state index contributed by atoms with van der Waals surface area (Å²) >= 11 is 1.50. The highest BCUT2D eigenvalue weighted by Gasteiger charge is 2.43. The highest BCUT2D eigenvalue weighted by molar-refractivity contribution is 7.23. The molecule has 0 radical (unpaired) electrons. The van der Waals surface area contributed by atoms with E-state index >= 15 is 0 Å². The third-order valence-corrected chi connectivity index (χ3v) is 10.4. The molecule has 2 aliphatic carbocycles. The first-order chi connectivity index (χ1) is 21.7. The lowest BCUT2D eigenvalue weighted by molar-refractivity contribution is 0.269. The zero-order valence-electron chi connectivity index (χ0n) is 23.4. The minimum absolute atomic E-state index is 0.00863. The van der Waals surface area contributed by atoms with Crippen molar-refractivity contribution < 1.29 is 4.74 Å². The predicted molar refractivity (Wildman–Crippen MR) is 175 cm³/mol. The van der Waals surface area contributed by atoms with Gasteiger partial charge < -0.3 is 9.64 Å². The van der Waals surface area contributed by atoms with Crippen molar-refractivity contribution in [3.05, 3.63) is 141 Å². The van der Waals surface area contributed by atoms with Crippen molar-refractivity contribution in [1.29, 1.82) is 0 Å². The van der Waals surface area contributed by atoms with Crippen LogP contribution in [0.2, 0.25) is 0 Å². The summed E-state index contributed by atoms with van der Waals surface area (Å²) in [5.41, 5.74) is 5.88. The van der Waals surface area contributed by atoms with Gasteiger partial charge in [-0.2, -0.15) is 9.97 Å². The lowest BCUT2D eigenvalue weighted by Gasteiger charge is -2.30. The molecule has 4 heterocycles. The molecule has 2 aromatic heterocycles. The summed E-state index contributed by atoms with van der Waals surface area (Å²) < 4.78 is 9.42. The minimum atomic E-state index is -0.322. The molecule has 44 heavy (non-hydrogen) atoms. The van der Waals surface area contributed by atoms with E-state index in [-0.39, 0.29) is 29.7 Å². The Morgan fingerprint density at radius 3 is 2.48 bits per heavy atom. The van der Waals surface area contributed by atoms with Crippen LogP contribution in [0.15, 0.2) is 114 Å². The van der Waals surface area contributed by atoms with E-state index in [0.717, 1.165) is 32.8 Å². The van der Waals surface area contributed by atoms with Crippen molar-refractivity contribution in [3.63, 3.8) is 0 Å². The Bertz CT molecular complexity index is 2460. The van der Waals surface area contributed by atoms with Gasteiger partial charge in [0.05, 0.1) is 21.9 Å². The van der Waals surface area contributed by atoms with Gasteiger partial charge >= 0.3 is 5.69 Å². The minimum Gasteiger partial charge on any atom is -0.483 e. The second-order valence-electron chi connectivity index (χ2n) is 11.7. The van der Waals surface area contributed by atoms with E-state index in [2.05, 4.69) is 101 Å². The summed E-state index contributed by atoms with van der Waals surface area (Å²) in [7, 11) is 0. The molecule has 6 nitrogen and oxygen atoms in total. The van der Waals surface area contributed by atoms with Crippen LogP contribution in [-0.4, -0.2) is 26.5 Å². The van der Waals surface area contributed by atoms with Gasteiger partial charge in [-0.25, -0.2) is 9.20 Å². The largest absolute Gasteiger partial charge is 0.483 e. The Morgan fingerprint density at radius 2 is 1.55 bits per heavy atom. The van der Waals surface area contributed by atoms with E-state index in [1.165, 1.54) is 33.0 Å². The second-order valence-corrected chi connectivity index (χ2v) is 12.7. The van der Waals surface area contributed by atoms with Crippen LogP contribution in [-0.2, 0) is 0 Å². The van der Waals surface area contributed by atoms with Crippen molar-refractivity contribution in [3.8, 4) is 17.1 Å². The highest BCUT2D eigenvalue weighted by Crippen LogP contribution is 2.55. The van der Waals surface area contributed by atoms with E-state index in [1.54, 1.807) is 4.40 Å². The summed E-state index contributed by atoms with van der Waals surface area (Å²) in [5.74, 6) is 1.48. The van der Waals surface area contributed by atoms with Gasteiger partial charge in [-0.15, -0.1) is 0 Å². The molecule has 0 saturated carbocycles. The van der Waals surface area contributed by atoms with Crippen LogP contribution in [0.25, 0.3) is 38.7 Å². The fourth-order valence-electron chi connectivity index (χ4n) is 7.48. The lowest BCUT2D eigenvalue weighted by Crippen LogP contribution is -2.38. The summed E-state index contributed by atoms with van der Waals surface area (Å²) in [4.78, 5) is 26.0. The first-order valence-corrected chi connectivity index (χ1v) is 15.7. The molecule has 4 unspecified atom stereocenters. The van der Waals surface area contributed by atoms with Gasteiger partial charge in [0.15, 0.2) is 5.82 Å². The van der Waals surface area contributed by atoms with Gasteiger partial charge in [-0.3, -0.25) is 0 Å². The van der Waals surface area contributed by atoms with E-state index in [9.17, 15) is 4.79 Å². The molecule has 10 rings (SSSR count). The van der Waals surface area contributed by atoms with Crippen molar-refractivity contribution in [2.24, 2.45) is 0 Å². The number of benzene rings is 4. The fraction of sp³-hybridized carbons (Fsp3) is 0.108. The number of thiazole rings is 1. The SMILES string of the molecule is O=c1nc(-c2ccc(N3c4ccccc4C4C=c5ccccc5=CC43)c3c2C2C=CC=CC2O3)nc2sc3ccccc3n12. The van der Waals surface area contributed by atoms with Crippen molar-refractivity contribution in [2.75, 3.05) is 4.90 Å². The van der Waals surface area contributed by atoms with E-state index in [1.807, 2.05) is 30.3 Å². The summed E-state index contributed by atoms with van der Waals surface area (Å²) in [6.07, 6.45) is 13.1. The van der Waals surface area contributed by atoms with Gasteiger partial charge in [0, 0.05) is 28.7 Å². The van der Waals surface area contributed by atoms with Crippen molar-refractivity contribution in [2.45, 2.75) is 24.0 Å². The predicted octanol–water partition coefficient (Wildman–Crippen LogP) is 5.82. The summed E-state index contributed by atoms with van der Waals surface area (Å²) in [6.45, 7) is 0. The highest BCUT2D eigenvalue weighted by atomic mass is 32.1. The van der Waals surface area contributed by atoms with E-state index in [4.69, 9.17) is 9.72 Å². The normalized spacial score (nSPS) is 22.0. The number of para-hydroxylation sites is 2. The molecule has 0 bridgehead atoms. The molecule has 6 aromatic rings. The zero-order valence-corrected chi connectivity index (χ0v) is 24.2. The maximum atomic E-state index is 13.4. The molecule has 7 heteroatoms. The van der Waals surface area contributed by atoms with Crippen LogP contribution in [0.1, 0.15) is 23.0 Å². The van der Waals surface area contributed by atoms with Crippen LogP contribution in [0.5, 0.6) is 5.75 Å². The number of rotatable bonds is 2. The number of ether oxygens (including phenoxy) is 1. The van der Waals surface area contributed by atoms with Crippen LogP contribution in [0, 0.1) is 0 Å². The first kappa shape index (κ1) is 24.2. The molecule has 0 saturated heterocycles. The Labute approximate surface area is 255 Å². The number of hydrogen-bond acceptors (Lipinski definition) is 6. The van der Waals surface area contributed by atoms with Gasteiger partial charge in [0.1, 0.15) is 11.9 Å². The Morgan fingerprint density at radius 1 is 0.750 bits per heavy atom. The van der Waals surface area contributed by atoms with Crippen LogP contribution in [0.3, 0.4) is 0 Å². The van der Waals surface area contributed by atoms with E-state index in [0.29, 0.717) is 10.8 Å². The smallest absolute Gasteiger partial charge is 0.356 e. The Hall–Kier alpha value is -5.27. The molecule has 0 spiro atoms. The third kappa shape index (κ3) is 3.27. The molecule has 0 N–H and O–H groups in total.